The van der Waals surface area contributed by atoms with Gasteiger partial charge < -0.3 is 10.0 Å². The number of allylic oxidation sites excluding steroid dienone is 2. The van der Waals surface area contributed by atoms with Gasteiger partial charge in [-0.1, -0.05) is 55.1 Å². The summed E-state index contributed by atoms with van der Waals surface area (Å²) in [6, 6.07) is 4.09. The highest BCUT2D eigenvalue weighted by Crippen LogP contribution is 2.35. The number of halogens is 5. The van der Waals surface area contributed by atoms with E-state index < -0.39 is 53.5 Å². The highest BCUT2D eigenvalue weighted by Gasteiger charge is 2.38. The Morgan fingerprint density at radius 2 is 1.57 bits per heavy atom. The Kier molecular flexibility index (Phi) is 11.0. The summed E-state index contributed by atoms with van der Waals surface area (Å²) in [5.74, 6) is -3.07. The van der Waals surface area contributed by atoms with Crippen LogP contribution in [0.5, 0.6) is 0 Å². The Morgan fingerprint density at radius 1 is 1.02 bits per heavy atom. The number of hydrogen-bond donors (Lipinski definition) is 1. The SMILES string of the molecule is C=C(N=C/C(C(=O)N(CC(=O)c1c(Cl)cccc1Cl)C1CCCCC1)=C(\C)C(F)(F)F)C1CCC(C(=O)O)CC1. The van der Waals surface area contributed by atoms with Gasteiger partial charge >= 0.3 is 12.1 Å². The maximum atomic E-state index is 13.9. The predicted molar refractivity (Wildman–Crippen MR) is 149 cm³/mol. The van der Waals surface area contributed by atoms with Gasteiger partial charge in [-0.2, -0.15) is 13.2 Å². The van der Waals surface area contributed by atoms with E-state index in [2.05, 4.69) is 11.6 Å². The second-order valence-corrected chi connectivity index (χ2v) is 11.2. The molecule has 0 radical (unpaired) electrons. The number of Topliss-reactive ketones (excluding diaryl/α,β-unsaturated/α-hetero) is 1. The summed E-state index contributed by atoms with van der Waals surface area (Å²) in [5.41, 5.74) is -1.51. The van der Waals surface area contributed by atoms with Gasteiger partial charge in [0.15, 0.2) is 5.78 Å². The second-order valence-electron chi connectivity index (χ2n) is 10.4. The molecule has 218 valence electrons. The van der Waals surface area contributed by atoms with Gasteiger partial charge in [0.2, 0.25) is 0 Å². The lowest BCUT2D eigenvalue weighted by atomic mass is 9.81. The topological polar surface area (TPSA) is 87.0 Å². The molecule has 2 fully saturated rings. The minimum absolute atomic E-state index is 0.0107. The first kappa shape index (κ1) is 31.9. The van der Waals surface area contributed by atoms with Crippen molar-refractivity contribution in [2.45, 2.75) is 76.9 Å². The molecule has 1 amide bonds. The molecule has 1 N–H and O–H groups in total. The van der Waals surface area contributed by atoms with Crippen molar-refractivity contribution in [3.05, 3.63) is 57.2 Å². The third kappa shape index (κ3) is 7.97. The van der Waals surface area contributed by atoms with Gasteiger partial charge in [0.05, 0.1) is 33.6 Å². The highest BCUT2D eigenvalue weighted by atomic mass is 35.5. The van der Waals surface area contributed by atoms with Crippen LogP contribution >= 0.6 is 23.2 Å². The van der Waals surface area contributed by atoms with Crippen LogP contribution in [0.15, 0.2) is 46.6 Å². The lowest BCUT2D eigenvalue weighted by molar-refractivity contribution is -0.143. The molecule has 0 saturated heterocycles. The van der Waals surface area contributed by atoms with Gasteiger partial charge in [-0.25, -0.2) is 0 Å². The number of hydrogen-bond acceptors (Lipinski definition) is 4. The van der Waals surface area contributed by atoms with Crippen molar-refractivity contribution in [1.82, 2.24) is 4.90 Å². The molecule has 0 bridgehead atoms. The smallest absolute Gasteiger partial charge is 0.413 e. The number of nitrogens with zero attached hydrogens (tertiary/aromatic N) is 2. The molecule has 1 aromatic carbocycles. The first-order chi connectivity index (χ1) is 18.8. The van der Waals surface area contributed by atoms with Crippen LogP contribution in [0.2, 0.25) is 10.0 Å². The number of aliphatic imine (C=N–C) groups is 1. The Hall–Kier alpha value is -2.65. The number of aliphatic carboxylic acids is 1. The molecular formula is C29H33Cl2F3N2O4. The van der Waals surface area contributed by atoms with Crippen LogP contribution < -0.4 is 0 Å². The number of benzene rings is 1. The van der Waals surface area contributed by atoms with E-state index in [4.69, 9.17) is 23.2 Å². The van der Waals surface area contributed by atoms with E-state index in [1.165, 1.54) is 17.0 Å². The van der Waals surface area contributed by atoms with Gasteiger partial charge in [-0.15, -0.1) is 0 Å². The normalized spacial score (nSPS) is 21.1. The Labute approximate surface area is 241 Å². The van der Waals surface area contributed by atoms with E-state index >= 15 is 0 Å². The van der Waals surface area contributed by atoms with Crippen LogP contribution in [0.1, 0.15) is 75.1 Å². The number of ketones is 1. The molecule has 2 saturated carbocycles. The molecule has 0 aromatic heterocycles. The fourth-order valence-electron chi connectivity index (χ4n) is 5.30. The maximum absolute atomic E-state index is 13.9. The zero-order chi connectivity index (χ0) is 29.6. The number of carbonyl (C=O) groups is 3. The highest BCUT2D eigenvalue weighted by molar-refractivity contribution is 6.40. The Bertz CT molecular complexity index is 1180. The summed E-state index contributed by atoms with van der Waals surface area (Å²) in [6.45, 7) is 4.21. The van der Waals surface area contributed by atoms with E-state index in [1.54, 1.807) is 6.07 Å². The van der Waals surface area contributed by atoms with Gasteiger partial charge in [-0.05, 0) is 57.6 Å². The van der Waals surface area contributed by atoms with Crippen molar-refractivity contribution in [3.8, 4) is 0 Å². The van der Waals surface area contributed by atoms with Crippen LogP contribution in [0.25, 0.3) is 0 Å². The van der Waals surface area contributed by atoms with E-state index in [-0.39, 0.29) is 27.2 Å². The average molecular weight is 601 g/mol. The van der Waals surface area contributed by atoms with Crippen LogP contribution in [0.4, 0.5) is 13.2 Å². The lowest BCUT2D eigenvalue weighted by Crippen LogP contribution is -2.46. The standard InChI is InChI=1S/C29H33Cl2F3N2O4/c1-17(29(32,33)34)22(15-35-18(2)19-11-13-20(14-12-19)28(39)40)27(38)36(21-7-4-3-5-8-21)16-25(37)26-23(30)9-6-10-24(26)31/h6,9-10,15,19-21H,2-5,7-8,11-14,16H2,1H3,(H,39,40)/b22-17-,35-15?. The van der Waals surface area contributed by atoms with E-state index in [9.17, 15) is 32.7 Å². The number of amides is 1. The molecule has 2 aliphatic rings. The fourth-order valence-corrected chi connectivity index (χ4v) is 5.91. The molecule has 2 aliphatic carbocycles. The van der Waals surface area contributed by atoms with Gasteiger partial charge in [0.25, 0.3) is 5.91 Å². The molecule has 1 aromatic rings. The molecule has 6 nitrogen and oxygen atoms in total. The summed E-state index contributed by atoms with van der Waals surface area (Å²) in [5, 5.41) is 9.40. The number of alkyl halides is 3. The second kappa shape index (κ2) is 13.8. The quantitative estimate of drug-likeness (QED) is 0.179. The number of carboxylic acids is 1. The molecule has 0 aliphatic heterocycles. The monoisotopic (exact) mass is 600 g/mol. The number of rotatable bonds is 9. The summed E-state index contributed by atoms with van der Waals surface area (Å²) in [6.07, 6.45) is 1.45. The van der Waals surface area contributed by atoms with Crippen LogP contribution in [0, 0.1) is 11.8 Å². The largest absolute Gasteiger partial charge is 0.481 e. The van der Waals surface area contributed by atoms with Crippen molar-refractivity contribution in [2.75, 3.05) is 6.54 Å². The molecule has 3 rings (SSSR count). The van der Waals surface area contributed by atoms with Crippen molar-refractivity contribution in [2.24, 2.45) is 16.8 Å². The van der Waals surface area contributed by atoms with Crippen molar-refractivity contribution in [3.63, 3.8) is 0 Å². The summed E-state index contributed by atoms with van der Waals surface area (Å²) in [4.78, 5) is 43.7. The molecule has 11 heteroatoms. The molecular weight excluding hydrogens is 568 g/mol. The minimum atomic E-state index is -4.81. The first-order valence-electron chi connectivity index (χ1n) is 13.3. The molecule has 0 unspecified atom stereocenters. The van der Waals surface area contributed by atoms with Crippen LogP contribution in [-0.2, 0) is 9.59 Å². The Morgan fingerprint density at radius 3 is 2.10 bits per heavy atom. The summed E-state index contributed by atoms with van der Waals surface area (Å²) in [7, 11) is 0. The maximum Gasteiger partial charge on any atom is 0.413 e. The van der Waals surface area contributed by atoms with Crippen molar-refractivity contribution in [1.29, 1.82) is 0 Å². The molecule has 0 atom stereocenters. The fraction of sp³-hybridized carbons (Fsp3) is 0.517. The van der Waals surface area contributed by atoms with Gasteiger partial charge in [0, 0.05) is 29.4 Å². The average Bonchev–Trinajstić information content (AvgIpc) is 2.91. The predicted octanol–water partition coefficient (Wildman–Crippen LogP) is 7.69. The van der Waals surface area contributed by atoms with E-state index in [1.807, 2.05) is 0 Å². The zero-order valence-electron chi connectivity index (χ0n) is 22.3. The van der Waals surface area contributed by atoms with Crippen LogP contribution in [-0.4, -0.2) is 52.6 Å². The number of carbonyl (C=O) groups excluding carboxylic acids is 2. The van der Waals surface area contributed by atoms with Crippen LogP contribution in [0.3, 0.4) is 0 Å². The number of carboxylic acid groups (broad SMARTS) is 1. The van der Waals surface area contributed by atoms with Crippen molar-refractivity contribution >= 4 is 47.1 Å². The van der Waals surface area contributed by atoms with E-state index in [0.29, 0.717) is 38.5 Å². The van der Waals surface area contributed by atoms with Gasteiger partial charge in [-0.3, -0.25) is 19.4 Å². The third-order valence-corrected chi connectivity index (χ3v) is 8.43. The molecule has 40 heavy (non-hydrogen) atoms. The van der Waals surface area contributed by atoms with Crippen molar-refractivity contribution < 1.29 is 32.7 Å². The summed E-state index contributed by atoms with van der Waals surface area (Å²) >= 11 is 12.4. The molecule has 0 spiro atoms. The third-order valence-electron chi connectivity index (χ3n) is 7.80. The zero-order valence-corrected chi connectivity index (χ0v) is 23.8. The lowest BCUT2D eigenvalue weighted by Gasteiger charge is -2.34. The molecule has 0 heterocycles. The van der Waals surface area contributed by atoms with E-state index in [0.717, 1.165) is 32.4 Å². The van der Waals surface area contributed by atoms with Gasteiger partial charge in [0.1, 0.15) is 0 Å². The first-order valence-corrected chi connectivity index (χ1v) is 14.1. The Balaban J connectivity index is 1.93. The minimum Gasteiger partial charge on any atom is -0.481 e. The summed E-state index contributed by atoms with van der Waals surface area (Å²) < 4.78 is 41.8.